The first-order chi connectivity index (χ1) is 11.6. The zero-order chi connectivity index (χ0) is 16.7. The van der Waals surface area contributed by atoms with Crippen LogP contribution in [0.4, 0.5) is 16.0 Å². The lowest BCUT2D eigenvalue weighted by molar-refractivity contribution is -0.123. The number of fused-ring (bicyclic) bond motifs is 3. The third-order valence-electron chi connectivity index (χ3n) is 3.97. The van der Waals surface area contributed by atoms with Gasteiger partial charge in [0.15, 0.2) is 0 Å². The summed E-state index contributed by atoms with van der Waals surface area (Å²) in [6, 6.07) is 12.6. The molecule has 2 aromatic carbocycles. The van der Waals surface area contributed by atoms with Crippen molar-refractivity contribution in [3.63, 3.8) is 0 Å². The molecule has 0 aliphatic carbocycles. The van der Waals surface area contributed by atoms with E-state index in [0.717, 1.165) is 11.0 Å². The molecule has 6 nitrogen and oxygen atoms in total. The number of rotatable bonds is 3. The zero-order valence-corrected chi connectivity index (χ0v) is 12.5. The van der Waals surface area contributed by atoms with Crippen molar-refractivity contribution in [1.29, 1.82) is 0 Å². The second kappa shape index (κ2) is 5.45. The van der Waals surface area contributed by atoms with Gasteiger partial charge in [0, 0.05) is 0 Å². The first kappa shape index (κ1) is 14.4. The minimum atomic E-state index is -0.709. The standard InChI is InChI=1S/C17H13FN4O2/c18-10-5-1-2-6-11(10)19-15(23)9-14-16(24)21-17-20-12-7-3-4-8-13(12)22(14)17/h1-8,14H,9H2,(H,19,23)(H,20,21,24)/t14-/m0/s1. The first-order valence-corrected chi connectivity index (χ1v) is 7.46. The van der Waals surface area contributed by atoms with E-state index in [-0.39, 0.29) is 18.0 Å². The summed E-state index contributed by atoms with van der Waals surface area (Å²) in [5.74, 6) is -0.835. The van der Waals surface area contributed by atoms with E-state index in [9.17, 15) is 14.0 Å². The monoisotopic (exact) mass is 324 g/mol. The van der Waals surface area contributed by atoms with Crippen molar-refractivity contribution in [2.45, 2.75) is 12.5 Å². The maximum absolute atomic E-state index is 13.6. The first-order valence-electron chi connectivity index (χ1n) is 7.46. The van der Waals surface area contributed by atoms with Crippen LogP contribution in [0.2, 0.25) is 0 Å². The summed E-state index contributed by atoms with van der Waals surface area (Å²) in [5, 5.41) is 5.18. The van der Waals surface area contributed by atoms with E-state index < -0.39 is 17.8 Å². The van der Waals surface area contributed by atoms with Gasteiger partial charge in [-0.15, -0.1) is 0 Å². The third kappa shape index (κ3) is 2.30. The van der Waals surface area contributed by atoms with Gasteiger partial charge in [0.1, 0.15) is 11.9 Å². The molecule has 120 valence electrons. The van der Waals surface area contributed by atoms with Crippen LogP contribution in [0, 0.1) is 5.82 Å². The number of nitrogens with one attached hydrogen (secondary N) is 2. The smallest absolute Gasteiger partial charge is 0.250 e. The number of carbonyl (C=O) groups excluding carboxylic acids is 2. The molecule has 0 bridgehead atoms. The summed E-state index contributed by atoms with van der Waals surface area (Å²) in [4.78, 5) is 28.7. The van der Waals surface area contributed by atoms with Crippen LogP contribution in [-0.4, -0.2) is 21.4 Å². The van der Waals surface area contributed by atoms with Gasteiger partial charge in [0.2, 0.25) is 17.8 Å². The number of imidazole rings is 1. The maximum atomic E-state index is 13.6. The van der Waals surface area contributed by atoms with Crippen molar-refractivity contribution in [3.8, 4) is 0 Å². The Bertz CT molecular complexity index is 966. The number of carbonyl (C=O) groups is 2. The molecular weight excluding hydrogens is 311 g/mol. The van der Waals surface area contributed by atoms with E-state index in [4.69, 9.17) is 0 Å². The fourth-order valence-electron chi connectivity index (χ4n) is 2.88. The summed E-state index contributed by atoms with van der Waals surface area (Å²) < 4.78 is 15.3. The molecule has 0 radical (unpaired) electrons. The number of anilines is 2. The summed E-state index contributed by atoms with van der Waals surface area (Å²) in [6.45, 7) is 0. The van der Waals surface area contributed by atoms with Crippen LogP contribution in [-0.2, 0) is 9.59 Å². The molecule has 1 atom stereocenters. The van der Waals surface area contributed by atoms with E-state index in [1.807, 2.05) is 24.3 Å². The molecule has 24 heavy (non-hydrogen) atoms. The van der Waals surface area contributed by atoms with Gasteiger partial charge in [-0.25, -0.2) is 9.37 Å². The average Bonchev–Trinajstić information content (AvgIpc) is 3.06. The highest BCUT2D eigenvalue weighted by atomic mass is 19.1. The predicted molar refractivity (Wildman–Crippen MR) is 87.0 cm³/mol. The summed E-state index contributed by atoms with van der Waals surface area (Å²) in [6.07, 6.45) is -0.104. The Hall–Kier alpha value is -3.22. The van der Waals surface area contributed by atoms with Gasteiger partial charge >= 0.3 is 0 Å². The Morgan fingerprint density at radius 1 is 1.21 bits per heavy atom. The van der Waals surface area contributed by atoms with Gasteiger partial charge in [-0.2, -0.15) is 0 Å². The van der Waals surface area contributed by atoms with Gasteiger partial charge < -0.3 is 5.32 Å². The van der Waals surface area contributed by atoms with E-state index >= 15 is 0 Å². The number of amides is 2. The molecule has 0 saturated heterocycles. The van der Waals surface area contributed by atoms with E-state index in [1.165, 1.54) is 12.1 Å². The molecule has 1 aliphatic heterocycles. The third-order valence-corrected chi connectivity index (χ3v) is 3.97. The van der Waals surface area contributed by atoms with Crippen LogP contribution >= 0.6 is 0 Å². The SMILES string of the molecule is O=C(C[C@H]1C(=O)Nc2nc3ccccc3n21)Nc1ccccc1F. The molecule has 1 aromatic heterocycles. The number of hydrogen-bond acceptors (Lipinski definition) is 3. The van der Waals surface area contributed by atoms with Crippen molar-refractivity contribution in [2.24, 2.45) is 0 Å². The second-order valence-electron chi connectivity index (χ2n) is 5.53. The lowest BCUT2D eigenvalue weighted by Gasteiger charge is -2.12. The van der Waals surface area contributed by atoms with Crippen LogP contribution in [0.5, 0.6) is 0 Å². The molecule has 2 amide bonds. The molecular formula is C17H13FN4O2. The second-order valence-corrected chi connectivity index (χ2v) is 5.53. The summed E-state index contributed by atoms with van der Waals surface area (Å²) in [7, 11) is 0. The highest BCUT2D eigenvalue weighted by molar-refractivity contribution is 6.03. The molecule has 3 aromatic rings. The zero-order valence-electron chi connectivity index (χ0n) is 12.5. The Kier molecular flexibility index (Phi) is 3.26. The van der Waals surface area contributed by atoms with Crippen molar-refractivity contribution in [3.05, 3.63) is 54.3 Å². The van der Waals surface area contributed by atoms with E-state index in [0.29, 0.717) is 5.95 Å². The fraction of sp³-hybridized carbons (Fsp3) is 0.118. The van der Waals surface area contributed by atoms with Gasteiger partial charge in [-0.3, -0.25) is 19.5 Å². The minimum absolute atomic E-state index is 0.0941. The van der Waals surface area contributed by atoms with Crippen molar-refractivity contribution < 1.29 is 14.0 Å². The van der Waals surface area contributed by atoms with Crippen LogP contribution in [0.15, 0.2) is 48.5 Å². The van der Waals surface area contributed by atoms with Gasteiger partial charge in [-0.1, -0.05) is 24.3 Å². The number of nitrogens with zero attached hydrogens (tertiary/aromatic N) is 2. The van der Waals surface area contributed by atoms with Gasteiger partial charge in [-0.05, 0) is 24.3 Å². The number of para-hydroxylation sites is 3. The van der Waals surface area contributed by atoms with Crippen LogP contribution < -0.4 is 10.6 Å². The molecule has 0 fully saturated rings. The van der Waals surface area contributed by atoms with Crippen molar-refractivity contribution >= 4 is 34.5 Å². The summed E-state index contributed by atoms with van der Waals surface area (Å²) in [5.41, 5.74) is 1.61. The topological polar surface area (TPSA) is 76.0 Å². The Morgan fingerprint density at radius 3 is 2.79 bits per heavy atom. The Balaban J connectivity index is 1.60. The minimum Gasteiger partial charge on any atom is -0.324 e. The van der Waals surface area contributed by atoms with Crippen molar-refractivity contribution in [1.82, 2.24) is 9.55 Å². The molecule has 2 heterocycles. The molecule has 7 heteroatoms. The van der Waals surface area contributed by atoms with Gasteiger partial charge in [0.25, 0.3) is 0 Å². The number of halogens is 1. The summed E-state index contributed by atoms with van der Waals surface area (Å²) >= 11 is 0. The number of benzene rings is 2. The number of aromatic nitrogens is 2. The van der Waals surface area contributed by atoms with Crippen LogP contribution in [0.3, 0.4) is 0 Å². The van der Waals surface area contributed by atoms with Crippen LogP contribution in [0.1, 0.15) is 12.5 Å². The fourth-order valence-corrected chi connectivity index (χ4v) is 2.88. The number of hydrogen-bond donors (Lipinski definition) is 2. The quantitative estimate of drug-likeness (QED) is 0.778. The molecule has 4 rings (SSSR count). The van der Waals surface area contributed by atoms with Gasteiger partial charge in [0.05, 0.1) is 23.1 Å². The van der Waals surface area contributed by atoms with Crippen LogP contribution in [0.25, 0.3) is 11.0 Å². The molecule has 2 N–H and O–H groups in total. The van der Waals surface area contributed by atoms with Crippen molar-refractivity contribution in [2.75, 3.05) is 10.6 Å². The highest BCUT2D eigenvalue weighted by Gasteiger charge is 2.34. The molecule has 0 spiro atoms. The average molecular weight is 324 g/mol. The Labute approximate surface area is 136 Å². The van der Waals surface area contributed by atoms with E-state index in [1.54, 1.807) is 16.7 Å². The maximum Gasteiger partial charge on any atom is 0.250 e. The highest BCUT2D eigenvalue weighted by Crippen LogP contribution is 2.32. The lowest BCUT2D eigenvalue weighted by atomic mass is 10.1. The largest absolute Gasteiger partial charge is 0.324 e. The molecule has 1 aliphatic rings. The predicted octanol–water partition coefficient (Wildman–Crippen LogP) is 2.70. The molecule has 0 saturated carbocycles. The lowest BCUT2D eigenvalue weighted by Crippen LogP contribution is -2.23. The van der Waals surface area contributed by atoms with E-state index in [2.05, 4.69) is 15.6 Å². The molecule has 0 unspecified atom stereocenters. The normalized spacial score (nSPS) is 16.0. The Morgan fingerprint density at radius 2 is 1.96 bits per heavy atom.